The van der Waals surface area contributed by atoms with Gasteiger partial charge in [0.15, 0.2) is 5.13 Å². The van der Waals surface area contributed by atoms with Crippen molar-refractivity contribution in [2.24, 2.45) is 0 Å². The predicted octanol–water partition coefficient (Wildman–Crippen LogP) is 4.46. The first-order chi connectivity index (χ1) is 14.7. The summed E-state index contributed by atoms with van der Waals surface area (Å²) < 4.78 is 0.898. The van der Waals surface area contributed by atoms with Crippen LogP contribution >= 0.6 is 35.5 Å². The number of likely N-dealkylation sites (N-methyl/N-ethyl adjacent to an activating group) is 1. The molecule has 2 aromatic carbocycles. The van der Waals surface area contributed by atoms with E-state index in [0.29, 0.717) is 11.7 Å². The number of fused-ring (bicyclic) bond motifs is 1. The fraction of sp³-hybridized carbons (Fsp3) is 0.263. The molecule has 0 aliphatic carbocycles. The molecule has 10 nitrogen and oxygen atoms in total. The third-order valence-corrected chi connectivity index (χ3v) is 6.22. The third-order valence-electron chi connectivity index (χ3n) is 4.41. The Hall–Kier alpha value is -2.80. The van der Waals surface area contributed by atoms with E-state index in [4.69, 9.17) is 0 Å². The highest BCUT2D eigenvalue weighted by Crippen LogP contribution is 2.35. The molecule has 3 aromatic rings. The molecular formula is C19H20ClN5O5S2. The zero-order valence-corrected chi connectivity index (χ0v) is 19.8. The van der Waals surface area contributed by atoms with Gasteiger partial charge in [0.25, 0.3) is 17.3 Å². The van der Waals surface area contributed by atoms with Gasteiger partial charge >= 0.3 is 0 Å². The first kappa shape index (κ1) is 25.5. The summed E-state index contributed by atoms with van der Waals surface area (Å²) in [6.07, 6.45) is 1.94. The van der Waals surface area contributed by atoms with Gasteiger partial charge in [-0.2, -0.15) is 0 Å². The molecule has 0 unspecified atom stereocenters. The largest absolute Gasteiger partial charge is 0.308 e. The van der Waals surface area contributed by atoms with Crippen LogP contribution in [-0.2, 0) is 0 Å². The quantitative estimate of drug-likeness (QED) is 0.254. The lowest BCUT2D eigenvalue weighted by Gasteiger charge is -2.22. The molecule has 0 N–H and O–H groups in total. The molecule has 1 amide bonds. The van der Waals surface area contributed by atoms with Crippen molar-refractivity contribution in [2.45, 2.75) is 4.90 Å². The maximum atomic E-state index is 13.4. The number of anilines is 1. The molecule has 0 bridgehead atoms. The number of nitrogens with zero attached hydrogens (tertiary/aromatic N) is 5. The number of nitro benzene ring substituents is 2. The van der Waals surface area contributed by atoms with Crippen LogP contribution < -0.4 is 4.90 Å². The van der Waals surface area contributed by atoms with Crippen molar-refractivity contribution >= 4 is 68.1 Å². The average Bonchev–Trinajstić information content (AvgIpc) is 3.17. The number of hydrogen-bond donors (Lipinski definition) is 0. The van der Waals surface area contributed by atoms with Crippen LogP contribution in [0, 0.1) is 20.2 Å². The summed E-state index contributed by atoms with van der Waals surface area (Å²) >= 11 is 2.86. The molecule has 32 heavy (non-hydrogen) atoms. The molecule has 0 saturated carbocycles. The lowest BCUT2D eigenvalue weighted by Crippen LogP contribution is -2.36. The number of carbonyl (C=O) groups is 1. The summed E-state index contributed by atoms with van der Waals surface area (Å²) in [5.74, 6) is -0.585. The number of halogens is 1. The molecule has 0 atom stereocenters. The number of para-hydroxylation sites is 1. The lowest BCUT2D eigenvalue weighted by atomic mass is 10.1. The van der Waals surface area contributed by atoms with E-state index in [-0.39, 0.29) is 24.5 Å². The monoisotopic (exact) mass is 497 g/mol. The van der Waals surface area contributed by atoms with E-state index in [2.05, 4.69) is 4.98 Å². The van der Waals surface area contributed by atoms with E-state index >= 15 is 0 Å². The number of non-ortho nitro benzene ring substituents is 2. The first-order valence-corrected chi connectivity index (χ1v) is 11.1. The van der Waals surface area contributed by atoms with E-state index in [0.717, 1.165) is 33.3 Å². The summed E-state index contributed by atoms with van der Waals surface area (Å²) in [5, 5.41) is 22.9. The molecule has 0 saturated heterocycles. The van der Waals surface area contributed by atoms with Gasteiger partial charge in [0.1, 0.15) is 0 Å². The number of amides is 1. The maximum Gasteiger partial charge on any atom is 0.277 e. The minimum atomic E-state index is -0.754. The van der Waals surface area contributed by atoms with Crippen molar-refractivity contribution in [3.63, 3.8) is 0 Å². The van der Waals surface area contributed by atoms with Gasteiger partial charge in [-0.3, -0.25) is 29.9 Å². The Balaban J connectivity index is 0.00000363. The second-order valence-electron chi connectivity index (χ2n) is 6.82. The first-order valence-electron chi connectivity index (χ1n) is 9.05. The number of benzene rings is 2. The highest BCUT2D eigenvalue weighted by atomic mass is 35.5. The molecule has 1 aromatic heterocycles. The molecule has 0 aliphatic heterocycles. The van der Waals surface area contributed by atoms with Gasteiger partial charge in [-0.25, -0.2) is 4.98 Å². The van der Waals surface area contributed by atoms with E-state index < -0.39 is 27.1 Å². The van der Waals surface area contributed by atoms with Gasteiger partial charge in [0.05, 0.1) is 31.7 Å². The molecule has 170 valence electrons. The van der Waals surface area contributed by atoms with E-state index in [1.54, 1.807) is 0 Å². The lowest BCUT2D eigenvalue weighted by molar-refractivity contribution is -0.394. The number of rotatable bonds is 8. The summed E-state index contributed by atoms with van der Waals surface area (Å²) in [6, 6.07) is 8.70. The Morgan fingerprint density at radius 2 is 1.72 bits per heavy atom. The molecule has 0 fully saturated rings. The Labute approximate surface area is 197 Å². The summed E-state index contributed by atoms with van der Waals surface area (Å²) in [6.45, 7) is 0.769. The standard InChI is InChI=1S/C19H19N5O5S2.ClH/c1-21(2)7-8-22(19-20-17-15(30-3)5-4-6-16(17)31-19)18(25)12-9-13(23(26)27)11-14(10-12)24(28)29;/h4-6,9-11H,7-8H2,1-3H3;1H. The van der Waals surface area contributed by atoms with Crippen molar-refractivity contribution in [1.29, 1.82) is 0 Å². The zero-order chi connectivity index (χ0) is 22.7. The summed E-state index contributed by atoms with van der Waals surface area (Å²) in [4.78, 5) is 43.2. The maximum absolute atomic E-state index is 13.4. The van der Waals surface area contributed by atoms with Crippen molar-refractivity contribution in [1.82, 2.24) is 9.88 Å². The number of nitro groups is 2. The average molecular weight is 498 g/mol. The predicted molar refractivity (Wildman–Crippen MR) is 129 cm³/mol. The van der Waals surface area contributed by atoms with Crippen LogP contribution in [0.5, 0.6) is 0 Å². The van der Waals surface area contributed by atoms with Gasteiger partial charge in [-0.15, -0.1) is 24.2 Å². The van der Waals surface area contributed by atoms with Crippen molar-refractivity contribution in [2.75, 3.05) is 38.3 Å². The van der Waals surface area contributed by atoms with Gasteiger partial charge in [0, 0.05) is 30.1 Å². The van der Waals surface area contributed by atoms with Gasteiger partial charge < -0.3 is 4.90 Å². The van der Waals surface area contributed by atoms with Crippen molar-refractivity contribution in [3.05, 3.63) is 62.2 Å². The highest BCUT2D eigenvalue weighted by molar-refractivity contribution is 7.98. The number of carbonyl (C=O) groups excluding carboxylic acids is 1. The molecule has 13 heteroatoms. The van der Waals surface area contributed by atoms with Gasteiger partial charge in [-0.1, -0.05) is 17.4 Å². The molecule has 0 radical (unpaired) electrons. The van der Waals surface area contributed by atoms with E-state index in [1.165, 1.54) is 28.0 Å². The number of aromatic nitrogens is 1. The van der Waals surface area contributed by atoms with E-state index in [9.17, 15) is 25.0 Å². The third kappa shape index (κ3) is 5.51. The van der Waals surface area contributed by atoms with Crippen LogP contribution in [0.25, 0.3) is 10.2 Å². The fourth-order valence-corrected chi connectivity index (χ4v) is 4.51. The van der Waals surface area contributed by atoms with Crippen LogP contribution in [-0.4, -0.2) is 59.1 Å². The second kappa shape index (κ2) is 10.7. The number of thiazole rings is 1. The highest BCUT2D eigenvalue weighted by Gasteiger charge is 2.26. The normalized spacial score (nSPS) is 10.8. The SMILES string of the molecule is CSc1cccc2sc(N(CCN(C)C)C(=O)c3cc([N+](=O)[O-])cc([N+](=O)[O-])c3)nc12.Cl. The van der Waals surface area contributed by atoms with Gasteiger partial charge in [0.2, 0.25) is 0 Å². The Bertz CT molecular complexity index is 1140. The van der Waals surface area contributed by atoms with Crippen LogP contribution in [0.4, 0.5) is 16.5 Å². The molecule has 1 heterocycles. The molecule has 0 aliphatic rings. The van der Waals surface area contributed by atoms with Crippen LogP contribution in [0.3, 0.4) is 0 Å². The Morgan fingerprint density at radius 1 is 1.09 bits per heavy atom. The van der Waals surface area contributed by atoms with Crippen LogP contribution in [0.2, 0.25) is 0 Å². The minimum Gasteiger partial charge on any atom is -0.308 e. The molecule has 3 rings (SSSR count). The van der Waals surface area contributed by atoms with Crippen LogP contribution in [0.15, 0.2) is 41.3 Å². The van der Waals surface area contributed by atoms with E-state index in [1.807, 2.05) is 43.5 Å². The number of hydrogen-bond acceptors (Lipinski definition) is 9. The zero-order valence-electron chi connectivity index (χ0n) is 17.4. The fourth-order valence-electron chi connectivity index (χ4n) is 2.86. The summed E-state index contributed by atoms with van der Waals surface area (Å²) in [7, 11) is 3.70. The smallest absolute Gasteiger partial charge is 0.277 e. The van der Waals surface area contributed by atoms with Crippen LogP contribution in [0.1, 0.15) is 10.4 Å². The van der Waals surface area contributed by atoms with Crippen molar-refractivity contribution in [3.8, 4) is 0 Å². The summed E-state index contributed by atoms with van der Waals surface area (Å²) in [5.41, 5.74) is -0.398. The molecular weight excluding hydrogens is 478 g/mol. The Morgan fingerprint density at radius 3 is 2.25 bits per heavy atom. The number of thioether (sulfide) groups is 1. The van der Waals surface area contributed by atoms with Crippen molar-refractivity contribution < 1.29 is 14.6 Å². The second-order valence-corrected chi connectivity index (χ2v) is 8.67. The topological polar surface area (TPSA) is 123 Å². The Kier molecular flexibility index (Phi) is 8.50. The molecule has 0 spiro atoms. The minimum absolute atomic E-state index is 0. The van der Waals surface area contributed by atoms with Gasteiger partial charge in [-0.05, 0) is 32.5 Å².